The van der Waals surface area contributed by atoms with Crippen molar-refractivity contribution in [2.75, 3.05) is 6.54 Å². The Labute approximate surface area is 76.7 Å². The average Bonchev–Trinajstić information content (AvgIpc) is 2.08. The SMILES string of the molecule is Cc1cc(C(N)CN)cnc1Cl. The summed E-state index contributed by atoms with van der Waals surface area (Å²) >= 11 is 5.75. The second-order valence-corrected chi connectivity index (χ2v) is 3.08. The molecule has 0 aromatic carbocycles. The van der Waals surface area contributed by atoms with Crippen LogP contribution in [-0.2, 0) is 0 Å². The highest BCUT2D eigenvalue weighted by Gasteiger charge is 2.05. The minimum atomic E-state index is -0.145. The summed E-state index contributed by atoms with van der Waals surface area (Å²) in [6.07, 6.45) is 1.66. The molecule has 0 bridgehead atoms. The van der Waals surface area contributed by atoms with Crippen LogP contribution in [0.15, 0.2) is 12.3 Å². The lowest BCUT2D eigenvalue weighted by atomic mass is 10.1. The fraction of sp³-hybridized carbons (Fsp3) is 0.375. The first kappa shape index (κ1) is 9.45. The number of nitrogens with zero attached hydrogens (tertiary/aromatic N) is 1. The Kier molecular flexibility index (Phi) is 3.03. The Morgan fingerprint density at radius 2 is 2.33 bits per heavy atom. The smallest absolute Gasteiger partial charge is 0.131 e. The zero-order valence-corrected chi connectivity index (χ0v) is 7.67. The van der Waals surface area contributed by atoms with Crippen LogP contribution < -0.4 is 11.5 Å². The van der Waals surface area contributed by atoms with E-state index in [1.54, 1.807) is 6.20 Å². The Hall–Kier alpha value is -0.640. The van der Waals surface area contributed by atoms with Crippen LogP contribution >= 0.6 is 11.6 Å². The number of halogens is 1. The summed E-state index contributed by atoms with van der Waals surface area (Å²) in [5, 5.41) is 0.517. The number of aromatic nitrogens is 1. The van der Waals surface area contributed by atoms with Crippen molar-refractivity contribution in [1.82, 2.24) is 4.98 Å². The second-order valence-electron chi connectivity index (χ2n) is 2.72. The van der Waals surface area contributed by atoms with Crippen molar-refractivity contribution in [3.8, 4) is 0 Å². The molecular weight excluding hydrogens is 174 g/mol. The van der Waals surface area contributed by atoms with Crippen molar-refractivity contribution in [3.63, 3.8) is 0 Å². The lowest BCUT2D eigenvalue weighted by molar-refractivity contribution is 0.732. The van der Waals surface area contributed by atoms with Gasteiger partial charge in [0.25, 0.3) is 0 Å². The highest BCUT2D eigenvalue weighted by molar-refractivity contribution is 6.30. The van der Waals surface area contributed by atoms with E-state index in [0.717, 1.165) is 11.1 Å². The minimum absolute atomic E-state index is 0.145. The van der Waals surface area contributed by atoms with E-state index >= 15 is 0 Å². The van der Waals surface area contributed by atoms with Crippen LogP contribution in [0.1, 0.15) is 17.2 Å². The molecule has 12 heavy (non-hydrogen) atoms. The van der Waals surface area contributed by atoms with E-state index in [0.29, 0.717) is 11.7 Å². The molecular formula is C8H12ClN3. The fourth-order valence-corrected chi connectivity index (χ4v) is 1.02. The van der Waals surface area contributed by atoms with Crippen LogP contribution in [0.2, 0.25) is 5.15 Å². The van der Waals surface area contributed by atoms with E-state index in [9.17, 15) is 0 Å². The van der Waals surface area contributed by atoms with Gasteiger partial charge in [-0.15, -0.1) is 0 Å². The Balaban J connectivity index is 2.96. The van der Waals surface area contributed by atoms with Crippen LogP contribution in [0.5, 0.6) is 0 Å². The third kappa shape index (κ3) is 1.94. The van der Waals surface area contributed by atoms with Gasteiger partial charge in [-0.3, -0.25) is 0 Å². The zero-order valence-electron chi connectivity index (χ0n) is 6.92. The predicted octanol–water partition coefficient (Wildman–Crippen LogP) is 1.00. The Morgan fingerprint density at radius 3 is 2.83 bits per heavy atom. The monoisotopic (exact) mass is 185 g/mol. The molecule has 0 saturated carbocycles. The van der Waals surface area contributed by atoms with Crippen LogP contribution in [0.3, 0.4) is 0 Å². The molecule has 0 aliphatic rings. The van der Waals surface area contributed by atoms with Gasteiger partial charge in [0.05, 0.1) is 0 Å². The maximum absolute atomic E-state index is 5.75. The van der Waals surface area contributed by atoms with Crippen molar-refractivity contribution in [2.24, 2.45) is 11.5 Å². The van der Waals surface area contributed by atoms with E-state index < -0.39 is 0 Å². The van der Waals surface area contributed by atoms with Crippen molar-refractivity contribution >= 4 is 11.6 Å². The zero-order chi connectivity index (χ0) is 9.14. The number of pyridine rings is 1. The van der Waals surface area contributed by atoms with Gasteiger partial charge in [0, 0.05) is 18.8 Å². The fourth-order valence-electron chi connectivity index (χ4n) is 0.919. The summed E-state index contributed by atoms with van der Waals surface area (Å²) in [7, 11) is 0. The van der Waals surface area contributed by atoms with Gasteiger partial charge in [-0.05, 0) is 24.1 Å². The van der Waals surface area contributed by atoms with Gasteiger partial charge in [-0.25, -0.2) is 4.98 Å². The van der Waals surface area contributed by atoms with Crippen LogP contribution in [-0.4, -0.2) is 11.5 Å². The number of aryl methyl sites for hydroxylation is 1. The first-order valence-corrected chi connectivity index (χ1v) is 4.10. The van der Waals surface area contributed by atoms with E-state index in [-0.39, 0.29) is 6.04 Å². The van der Waals surface area contributed by atoms with E-state index in [2.05, 4.69) is 4.98 Å². The molecule has 0 aliphatic carbocycles. The third-order valence-electron chi connectivity index (χ3n) is 1.72. The van der Waals surface area contributed by atoms with Crippen LogP contribution in [0, 0.1) is 6.92 Å². The predicted molar refractivity (Wildman–Crippen MR) is 50.0 cm³/mol. The van der Waals surface area contributed by atoms with Gasteiger partial charge in [0.1, 0.15) is 5.15 Å². The molecule has 1 atom stereocenters. The van der Waals surface area contributed by atoms with Crippen LogP contribution in [0.25, 0.3) is 0 Å². The summed E-state index contributed by atoms with van der Waals surface area (Å²) in [5.74, 6) is 0. The average molecular weight is 186 g/mol. The van der Waals surface area contributed by atoms with Gasteiger partial charge in [0.15, 0.2) is 0 Å². The molecule has 0 saturated heterocycles. The van der Waals surface area contributed by atoms with E-state index in [1.165, 1.54) is 0 Å². The molecule has 1 aromatic heterocycles. The number of hydrogen-bond acceptors (Lipinski definition) is 3. The van der Waals surface area contributed by atoms with Crippen molar-refractivity contribution in [3.05, 3.63) is 28.5 Å². The summed E-state index contributed by atoms with van der Waals surface area (Å²) in [6.45, 7) is 2.31. The largest absolute Gasteiger partial charge is 0.329 e. The molecule has 0 fully saturated rings. The molecule has 4 N–H and O–H groups in total. The maximum atomic E-state index is 5.75. The first-order chi connectivity index (χ1) is 5.65. The summed E-state index contributed by atoms with van der Waals surface area (Å²) < 4.78 is 0. The molecule has 1 rings (SSSR count). The van der Waals surface area contributed by atoms with Gasteiger partial charge in [-0.1, -0.05) is 11.6 Å². The lowest BCUT2D eigenvalue weighted by Crippen LogP contribution is -2.20. The second kappa shape index (κ2) is 3.85. The highest BCUT2D eigenvalue weighted by Crippen LogP contribution is 2.15. The normalized spacial score (nSPS) is 13.0. The van der Waals surface area contributed by atoms with Crippen molar-refractivity contribution in [2.45, 2.75) is 13.0 Å². The first-order valence-electron chi connectivity index (χ1n) is 3.73. The molecule has 66 valence electrons. The molecule has 3 nitrogen and oxygen atoms in total. The van der Waals surface area contributed by atoms with Crippen LogP contribution in [0.4, 0.5) is 0 Å². The van der Waals surface area contributed by atoms with Gasteiger partial charge >= 0.3 is 0 Å². The lowest BCUT2D eigenvalue weighted by Gasteiger charge is -2.09. The van der Waals surface area contributed by atoms with Crippen molar-refractivity contribution < 1.29 is 0 Å². The van der Waals surface area contributed by atoms with E-state index in [4.69, 9.17) is 23.1 Å². The minimum Gasteiger partial charge on any atom is -0.329 e. The van der Waals surface area contributed by atoms with E-state index in [1.807, 2.05) is 13.0 Å². The molecule has 4 heteroatoms. The van der Waals surface area contributed by atoms with Crippen molar-refractivity contribution in [1.29, 1.82) is 0 Å². The Morgan fingerprint density at radius 1 is 1.67 bits per heavy atom. The topological polar surface area (TPSA) is 64.9 Å². The highest BCUT2D eigenvalue weighted by atomic mass is 35.5. The van der Waals surface area contributed by atoms with Gasteiger partial charge in [0.2, 0.25) is 0 Å². The third-order valence-corrected chi connectivity index (χ3v) is 2.11. The quantitative estimate of drug-likeness (QED) is 0.676. The molecule has 0 radical (unpaired) electrons. The molecule has 0 aliphatic heterocycles. The summed E-state index contributed by atoms with van der Waals surface area (Å²) in [6, 6.07) is 1.76. The summed E-state index contributed by atoms with van der Waals surface area (Å²) in [5.41, 5.74) is 13.0. The molecule has 1 aromatic rings. The Bertz CT molecular complexity index is 275. The maximum Gasteiger partial charge on any atom is 0.131 e. The standard InChI is InChI=1S/C8H12ClN3/c1-5-2-6(7(11)3-10)4-12-8(5)9/h2,4,7H,3,10-11H2,1H3. The summed E-state index contributed by atoms with van der Waals surface area (Å²) in [4.78, 5) is 3.98. The molecule has 1 heterocycles. The number of hydrogen-bond donors (Lipinski definition) is 2. The number of rotatable bonds is 2. The molecule has 0 amide bonds. The molecule has 1 unspecified atom stereocenters. The molecule has 0 spiro atoms. The van der Waals surface area contributed by atoms with Gasteiger partial charge in [-0.2, -0.15) is 0 Å². The van der Waals surface area contributed by atoms with Gasteiger partial charge < -0.3 is 11.5 Å². The number of nitrogens with two attached hydrogens (primary N) is 2.